The van der Waals surface area contributed by atoms with Gasteiger partial charge in [-0.15, -0.1) is 0 Å². The maximum absolute atomic E-state index is 12.4. The predicted molar refractivity (Wildman–Crippen MR) is 113 cm³/mol. The SMILES string of the molecule is COc1cc(NC(=O)CCN(C)c2cccc(C(C)C)c2)cc(OC)c1OC. The molecule has 0 aliphatic carbocycles. The van der Waals surface area contributed by atoms with Crippen LogP contribution in [0.15, 0.2) is 36.4 Å². The lowest BCUT2D eigenvalue weighted by atomic mass is 10.0. The zero-order valence-corrected chi connectivity index (χ0v) is 17.5. The molecule has 2 aromatic rings. The lowest BCUT2D eigenvalue weighted by Gasteiger charge is -2.20. The molecule has 0 spiro atoms. The quantitative estimate of drug-likeness (QED) is 0.696. The van der Waals surface area contributed by atoms with Crippen molar-refractivity contribution >= 4 is 17.3 Å². The second-order valence-electron chi connectivity index (χ2n) is 6.88. The molecule has 0 unspecified atom stereocenters. The molecule has 0 heterocycles. The van der Waals surface area contributed by atoms with Crippen LogP contribution in [0.5, 0.6) is 17.2 Å². The topological polar surface area (TPSA) is 60.0 Å². The smallest absolute Gasteiger partial charge is 0.226 e. The number of benzene rings is 2. The van der Waals surface area contributed by atoms with E-state index in [0.717, 1.165) is 5.69 Å². The fourth-order valence-electron chi connectivity index (χ4n) is 2.90. The van der Waals surface area contributed by atoms with Crippen molar-refractivity contribution in [3.05, 3.63) is 42.0 Å². The van der Waals surface area contributed by atoms with E-state index in [-0.39, 0.29) is 5.91 Å². The first kappa shape index (κ1) is 21.4. The zero-order valence-electron chi connectivity index (χ0n) is 17.5. The molecular formula is C22H30N2O4. The number of methoxy groups -OCH3 is 3. The van der Waals surface area contributed by atoms with Gasteiger partial charge in [-0.05, 0) is 23.6 Å². The van der Waals surface area contributed by atoms with Gasteiger partial charge in [-0.3, -0.25) is 4.79 Å². The molecule has 0 aromatic heterocycles. The summed E-state index contributed by atoms with van der Waals surface area (Å²) in [6.07, 6.45) is 0.360. The van der Waals surface area contributed by atoms with Gasteiger partial charge in [0.25, 0.3) is 0 Å². The van der Waals surface area contributed by atoms with Gasteiger partial charge < -0.3 is 24.4 Å². The van der Waals surface area contributed by atoms with E-state index in [1.54, 1.807) is 33.5 Å². The Labute approximate surface area is 167 Å². The van der Waals surface area contributed by atoms with Crippen molar-refractivity contribution < 1.29 is 19.0 Å². The van der Waals surface area contributed by atoms with E-state index in [0.29, 0.717) is 41.8 Å². The van der Waals surface area contributed by atoms with Crippen LogP contribution in [0.3, 0.4) is 0 Å². The highest BCUT2D eigenvalue weighted by atomic mass is 16.5. The summed E-state index contributed by atoms with van der Waals surface area (Å²) in [6, 6.07) is 11.8. The average Bonchev–Trinajstić information content (AvgIpc) is 2.71. The number of rotatable bonds is 9. The van der Waals surface area contributed by atoms with E-state index < -0.39 is 0 Å². The molecule has 6 nitrogen and oxygen atoms in total. The summed E-state index contributed by atoms with van der Waals surface area (Å²) in [6.45, 7) is 4.95. The Hall–Kier alpha value is -2.89. The highest BCUT2D eigenvalue weighted by Gasteiger charge is 2.15. The maximum atomic E-state index is 12.4. The van der Waals surface area contributed by atoms with Crippen LogP contribution >= 0.6 is 0 Å². The molecule has 0 saturated heterocycles. The van der Waals surface area contributed by atoms with Crippen molar-refractivity contribution in [1.29, 1.82) is 0 Å². The van der Waals surface area contributed by atoms with Crippen LogP contribution in [0, 0.1) is 0 Å². The predicted octanol–water partition coefficient (Wildman–Crippen LogP) is 4.30. The van der Waals surface area contributed by atoms with Gasteiger partial charge in [-0.1, -0.05) is 26.0 Å². The third-order valence-corrected chi connectivity index (χ3v) is 4.60. The molecule has 6 heteroatoms. The van der Waals surface area contributed by atoms with Gasteiger partial charge in [0.2, 0.25) is 11.7 Å². The van der Waals surface area contributed by atoms with Crippen LogP contribution < -0.4 is 24.4 Å². The van der Waals surface area contributed by atoms with E-state index >= 15 is 0 Å². The molecular weight excluding hydrogens is 356 g/mol. The van der Waals surface area contributed by atoms with Crippen molar-refractivity contribution in [2.24, 2.45) is 0 Å². The van der Waals surface area contributed by atoms with Crippen LogP contribution in [0.4, 0.5) is 11.4 Å². The lowest BCUT2D eigenvalue weighted by molar-refractivity contribution is -0.116. The van der Waals surface area contributed by atoms with Crippen LogP contribution in [0.25, 0.3) is 0 Å². The van der Waals surface area contributed by atoms with E-state index in [9.17, 15) is 4.79 Å². The third-order valence-electron chi connectivity index (χ3n) is 4.60. The van der Waals surface area contributed by atoms with Crippen molar-refractivity contribution in [3.8, 4) is 17.2 Å². The van der Waals surface area contributed by atoms with E-state index in [1.807, 2.05) is 7.05 Å². The highest BCUT2D eigenvalue weighted by molar-refractivity contribution is 5.91. The van der Waals surface area contributed by atoms with Crippen molar-refractivity contribution in [1.82, 2.24) is 0 Å². The zero-order chi connectivity index (χ0) is 20.7. The first-order chi connectivity index (χ1) is 13.4. The van der Waals surface area contributed by atoms with Crippen LogP contribution in [0.1, 0.15) is 31.7 Å². The molecule has 1 amide bonds. The average molecular weight is 386 g/mol. The Morgan fingerprint density at radius 3 is 2.21 bits per heavy atom. The van der Waals surface area contributed by atoms with Gasteiger partial charge in [0, 0.05) is 43.5 Å². The number of hydrogen-bond acceptors (Lipinski definition) is 5. The standard InChI is InChI=1S/C22H30N2O4/c1-15(2)16-8-7-9-18(12-16)24(3)11-10-21(25)23-17-13-19(26-4)22(28-6)20(14-17)27-5/h7-9,12-15H,10-11H2,1-6H3,(H,23,25). The minimum absolute atomic E-state index is 0.0823. The number of ether oxygens (including phenoxy) is 3. The Kier molecular flexibility index (Phi) is 7.55. The molecule has 28 heavy (non-hydrogen) atoms. The minimum Gasteiger partial charge on any atom is -0.493 e. The van der Waals surface area contributed by atoms with Gasteiger partial charge in [0.15, 0.2) is 11.5 Å². The number of nitrogens with one attached hydrogen (secondary N) is 1. The molecule has 0 aliphatic rings. The van der Waals surface area contributed by atoms with Crippen LogP contribution in [0.2, 0.25) is 0 Å². The largest absolute Gasteiger partial charge is 0.493 e. The van der Waals surface area contributed by atoms with Gasteiger partial charge in [-0.25, -0.2) is 0 Å². The van der Waals surface area contributed by atoms with Gasteiger partial charge in [0.1, 0.15) is 0 Å². The number of hydrogen-bond donors (Lipinski definition) is 1. The molecule has 0 radical (unpaired) electrons. The van der Waals surface area contributed by atoms with Gasteiger partial charge in [0.05, 0.1) is 21.3 Å². The summed E-state index contributed by atoms with van der Waals surface area (Å²) in [5.74, 6) is 1.88. The first-order valence-electron chi connectivity index (χ1n) is 9.30. The van der Waals surface area contributed by atoms with Gasteiger partial charge >= 0.3 is 0 Å². The van der Waals surface area contributed by atoms with E-state index in [1.165, 1.54) is 5.56 Å². The molecule has 2 aromatic carbocycles. The summed E-state index contributed by atoms with van der Waals surface area (Å²) in [5, 5.41) is 2.90. The monoisotopic (exact) mass is 386 g/mol. The Balaban J connectivity index is 2.01. The molecule has 0 fully saturated rings. The first-order valence-corrected chi connectivity index (χ1v) is 9.30. The number of anilines is 2. The van der Waals surface area contributed by atoms with E-state index in [4.69, 9.17) is 14.2 Å². The fourth-order valence-corrected chi connectivity index (χ4v) is 2.90. The Morgan fingerprint density at radius 2 is 1.68 bits per heavy atom. The summed E-state index contributed by atoms with van der Waals surface area (Å²) in [5.41, 5.74) is 2.99. The van der Waals surface area contributed by atoms with Gasteiger partial charge in [-0.2, -0.15) is 0 Å². The normalized spacial score (nSPS) is 10.5. The molecule has 152 valence electrons. The molecule has 0 saturated carbocycles. The minimum atomic E-state index is -0.0823. The summed E-state index contributed by atoms with van der Waals surface area (Å²) in [4.78, 5) is 14.5. The molecule has 0 atom stereocenters. The Bertz CT molecular complexity index is 780. The van der Waals surface area contributed by atoms with Crippen molar-refractivity contribution in [3.63, 3.8) is 0 Å². The van der Waals surface area contributed by atoms with Crippen molar-refractivity contribution in [2.75, 3.05) is 45.1 Å². The van der Waals surface area contributed by atoms with Crippen LogP contribution in [-0.2, 0) is 4.79 Å². The molecule has 0 bridgehead atoms. The highest BCUT2D eigenvalue weighted by Crippen LogP contribution is 2.39. The molecule has 2 rings (SSSR count). The van der Waals surface area contributed by atoms with E-state index in [2.05, 4.69) is 48.3 Å². The van der Waals surface area contributed by atoms with Crippen LogP contribution in [-0.4, -0.2) is 40.8 Å². The molecule has 0 aliphatic heterocycles. The second-order valence-corrected chi connectivity index (χ2v) is 6.88. The summed E-state index contributed by atoms with van der Waals surface area (Å²) in [7, 11) is 6.63. The summed E-state index contributed by atoms with van der Waals surface area (Å²) < 4.78 is 15.9. The number of carbonyl (C=O) groups is 1. The second kappa shape index (κ2) is 9.88. The Morgan fingerprint density at radius 1 is 1.04 bits per heavy atom. The molecule has 1 N–H and O–H groups in total. The number of amides is 1. The number of carbonyl (C=O) groups excluding carboxylic acids is 1. The third kappa shape index (κ3) is 5.31. The lowest BCUT2D eigenvalue weighted by Crippen LogP contribution is -2.24. The number of nitrogens with zero attached hydrogens (tertiary/aromatic N) is 1. The maximum Gasteiger partial charge on any atom is 0.226 e. The fraction of sp³-hybridized carbons (Fsp3) is 0.409. The summed E-state index contributed by atoms with van der Waals surface area (Å²) >= 11 is 0. The van der Waals surface area contributed by atoms with Crippen molar-refractivity contribution in [2.45, 2.75) is 26.2 Å².